The molecule has 0 aromatic heterocycles. The van der Waals surface area contributed by atoms with Gasteiger partial charge in [-0.05, 0) is 24.3 Å². The molecule has 0 bridgehead atoms. The molecule has 2 N–H and O–H groups in total. The third-order valence-electron chi connectivity index (χ3n) is 6.33. The molecule has 10 heteroatoms. The number of carbonyl (C=O) groups is 3. The van der Waals surface area contributed by atoms with Crippen LogP contribution in [0.1, 0.15) is 6.42 Å². The molecule has 2 saturated heterocycles. The number of ether oxygens (including phenoxy) is 1. The Kier molecular flexibility index (Phi) is 8.09. The summed E-state index contributed by atoms with van der Waals surface area (Å²) in [6.45, 7) is 3.89. The first-order valence-electron chi connectivity index (χ1n) is 11.7. The zero-order valence-corrected chi connectivity index (χ0v) is 20.5. The number of amides is 3. The second-order valence-corrected chi connectivity index (χ2v) is 8.97. The van der Waals surface area contributed by atoms with Crippen molar-refractivity contribution in [3.8, 4) is 5.75 Å². The lowest BCUT2D eigenvalue weighted by atomic mass is 10.1. The van der Waals surface area contributed by atoms with Crippen LogP contribution in [0.2, 0.25) is 5.02 Å². The lowest BCUT2D eigenvalue weighted by molar-refractivity contribution is -0.145. The molecule has 0 saturated carbocycles. The van der Waals surface area contributed by atoms with Gasteiger partial charge in [0, 0.05) is 39.3 Å². The van der Waals surface area contributed by atoms with E-state index in [1.165, 1.54) is 4.90 Å². The van der Waals surface area contributed by atoms with Gasteiger partial charge >= 0.3 is 0 Å². The third-order valence-corrected chi connectivity index (χ3v) is 6.66. The molecule has 4 rings (SSSR count). The predicted molar refractivity (Wildman–Crippen MR) is 135 cm³/mol. The summed E-state index contributed by atoms with van der Waals surface area (Å²) in [5.74, 6) is -0.0151. The van der Waals surface area contributed by atoms with E-state index in [4.69, 9.17) is 16.3 Å². The van der Waals surface area contributed by atoms with Crippen molar-refractivity contribution in [1.82, 2.24) is 15.1 Å². The minimum absolute atomic E-state index is 0.135. The maximum Gasteiger partial charge on any atom is 0.243 e. The Labute approximate surface area is 210 Å². The number of rotatable bonds is 7. The molecule has 2 aromatic rings. The fraction of sp³-hybridized carbons (Fsp3) is 0.400. The van der Waals surface area contributed by atoms with Crippen molar-refractivity contribution in [2.75, 3.05) is 63.1 Å². The van der Waals surface area contributed by atoms with Gasteiger partial charge in [-0.25, -0.2) is 0 Å². The number of para-hydroxylation sites is 3. The molecule has 2 heterocycles. The molecule has 2 fully saturated rings. The summed E-state index contributed by atoms with van der Waals surface area (Å²) in [5, 5.41) is 5.91. The minimum atomic E-state index is -0.853. The number of anilines is 2. The van der Waals surface area contributed by atoms with E-state index < -0.39 is 6.04 Å². The third kappa shape index (κ3) is 6.04. The molecular formula is C25H30ClN5O4. The number of carbonyl (C=O) groups excluding carboxylic acids is 3. The van der Waals surface area contributed by atoms with Gasteiger partial charge in [0.1, 0.15) is 11.8 Å². The van der Waals surface area contributed by atoms with Crippen molar-refractivity contribution in [2.45, 2.75) is 12.5 Å². The molecule has 0 spiro atoms. The summed E-state index contributed by atoms with van der Waals surface area (Å²) in [4.78, 5) is 44.3. The molecule has 0 unspecified atom stereocenters. The van der Waals surface area contributed by atoms with Crippen molar-refractivity contribution < 1.29 is 19.1 Å². The molecule has 2 aromatic carbocycles. The molecule has 186 valence electrons. The topological polar surface area (TPSA) is 94.2 Å². The van der Waals surface area contributed by atoms with Crippen LogP contribution < -0.4 is 20.3 Å². The van der Waals surface area contributed by atoms with Crippen molar-refractivity contribution >= 4 is 40.7 Å². The smallest absolute Gasteiger partial charge is 0.243 e. The standard InChI is InChI=1S/C25H30ClN5O4/c1-35-22-9-5-4-8-20(22)30-14-12-29(13-15-30)17-24(33)31-11-10-27-25(34)21(31)16-23(32)28-19-7-3-2-6-18(19)26/h2-9,21H,10-17H2,1H3,(H,27,34)(H,28,32)/t21-/m0/s1. The maximum atomic E-state index is 13.2. The maximum absolute atomic E-state index is 13.2. The van der Waals surface area contributed by atoms with E-state index in [-0.39, 0.29) is 30.7 Å². The zero-order chi connectivity index (χ0) is 24.8. The minimum Gasteiger partial charge on any atom is -0.495 e. The average Bonchev–Trinajstić information content (AvgIpc) is 2.87. The van der Waals surface area contributed by atoms with Crippen LogP contribution in [0, 0.1) is 0 Å². The highest BCUT2D eigenvalue weighted by Gasteiger charge is 2.35. The molecule has 2 aliphatic heterocycles. The highest BCUT2D eigenvalue weighted by molar-refractivity contribution is 6.33. The van der Waals surface area contributed by atoms with E-state index in [0.717, 1.165) is 24.5 Å². The van der Waals surface area contributed by atoms with Gasteiger partial charge in [-0.3, -0.25) is 19.3 Å². The van der Waals surface area contributed by atoms with Crippen LogP contribution in [0.25, 0.3) is 0 Å². The number of nitrogens with one attached hydrogen (secondary N) is 2. The average molecular weight is 500 g/mol. The number of methoxy groups -OCH3 is 1. The van der Waals surface area contributed by atoms with Crippen LogP contribution in [0.3, 0.4) is 0 Å². The Morgan fingerprint density at radius 3 is 2.51 bits per heavy atom. The van der Waals surface area contributed by atoms with Crippen LogP contribution in [-0.2, 0) is 14.4 Å². The summed E-state index contributed by atoms with van der Waals surface area (Å²) in [7, 11) is 1.66. The van der Waals surface area contributed by atoms with Crippen LogP contribution in [0.4, 0.5) is 11.4 Å². The van der Waals surface area contributed by atoms with Gasteiger partial charge in [0.25, 0.3) is 0 Å². The molecule has 35 heavy (non-hydrogen) atoms. The van der Waals surface area contributed by atoms with Gasteiger partial charge in [-0.15, -0.1) is 0 Å². The second kappa shape index (κ2) is 11.4. The van der Waals surface area contributed by atoms with Crippen molar-refractivity contribution in [3.05, 3.63) is 53.6 Å². The molecule has 1 atom stereocenters. The summed E-state index contributed by atoms with van der Waals surface area (Å²) >= 11 is 6.12. The zero-order valence-electron chi connectivity index (χ0n) is 19.7. The Morgan fingerprint density at radius 2 is 1.77 bits per heavy atom. The number of hydrogen-bond donors (Lipinski definition) is 2. The van der Waals surface area contributed by atoms with Crippen LogP contribution >= 0.6 is 11.6 Å². The Hall–Kier alpha value is -3.30. The highest BCUT2D eigenvalue weighted by Crippen LogP contribution is 2.28. The molecule has 9 nitrogen and oxygen atoms in total. The normalized spacial score (nSPS) is 18.7. The van der Waals surface area contributed by atoms with E-state index in [2.05, 4.69) is 20.4 Å². The fourth-order valence-corrected chi connectivity index (χ4v) is 4.66. The van der Waals surface area contributed by atoms with E-state index in [1.54, 1.807) is 31.4 Å². The molecule has 0 radical (unpaired) electrons. The Morgan fingerprint density at radius 1 is 1.06 bits per heavy atom. The number of halogens is 1. The van der Waals surface area contributed by atoms with Gasteiger partial charge in [-0.2, -0.15) is 0 Å². The van der Waals surface area contributed by atoms with Gasteiger partial charge in [0.15, 0.2) is 0 Å². The monoisotopic (exact) mass is 499 g/mol. The van der Waals surface area contributed by atoms with Crippen molar-refractivity contribution in [2.24, 2.45) is 0 Å². The second-order valence-electron chi connectivity index (χ2n) is 8.56. The molecule has 2 aliphatic rings. The Bertz CT molecular complexity index is 1070. The largest absolute Gasteiger partial charge is 0.495 e. The predicted octanol–water partition coefficient (Wildman–Crippen LogP) is 1.83. The van der Waals surface area contributed by atoms with Gasteiger partial charge in [-0.1, -0.05) is 35.9 Å². The Balaban J connectivity index is 1.34. The first-order valence-corrected chi connectivity index (χ1v) is 12.1. The number of hydrogen-bond acceptors (Lipinski definition) is 6. The number of nitrogens with zero attached hydrogens (tertiary/aromatic N) is 3. The summed E-state index contributed by atoms with van der Waals surface area (Å²) < 4.78 is 5.47. The summed E-state index contributed by atoms with van der Waals surface area (Å²) in [6.07, 6.45) is -0.135. The first kappa shape index (κ1) is 24.8. The number of benzene rings is 2. The highest BCUT2D eigenvalue weighted by atomic mass is 35.5. The van der Waals surface area contributed by atoms with E-state index in [9.17, 15) is 14.4 Å². The van der Waals surface area contributed by atoms with Gasteiger partial charge in [0.2, 0.25) is 17.7 Å². The first-order chi connectivity index (χ1) is 17.0. The van der Waals surface area contributed by atoms with Gasteiger partial charge < -0.3 is 25.2 Å². The summed E-state index contributed by atoms with van der Waals surface area (Å²) in [6, 6.07) is 13.9. The van der Waals surface area contributed by atoms with Crippen molar-refractivity contribution in [3.63, 3.8) is 0 Å². The van der Waals surface area contributed by atoms with E-state index in [0.29, 0.717) is 36.9 Å². The molecule has 0 aliphatic carbocycles. The lowest BCUT2D eigenvalue weighted by Gasteiger charge is -2.39. The quantitative estimate of drug-likeness (QED) is 0.603. The van der Waals surface area contributed by atoms with Gasteiger partial charge in [0.05, 0.1) is 36.5 Å². The number of piperazine rings is 2. The van der Waals surface area contributed by atoms with E-state index in [1.807, 2.05) is 24.3 Å². The van der Waals surface area contributed by atoms with Crippen molar-refractivity contribution in [1.29, 1.82) is 0 Å². The fourth-order valence-electron chi connectivity index (χ4n) is 4.48. The summed E-state index contributed by atoms with van der Waals surface area (Å²) in [5.41, 5.74) is 1.51. The molecular weight excluding hydrogens is 470 g/mol. The lowest BCUT2D eigenvalue weighted by Crippen LogP contribution is -2.60. The van der Waals surface area contributed by atoms with Crippen LogP contribution in [0.15, 0.2) is 48.5 Å². The van der Waals surface area contributed by atoms with E-state index >= 15 is 0 Å². The van der Waals surface area contributed by atoms with Crippen LogP contribution in [0.5, 0.6) is 5.75 Å². The van der Waals surface area contributed by atoms with Crippen LogP contribution in [-0.4, -0.2) is 86.5 Å². The SMILES string of the molecule is COc1ccccc1N1CCN(CC(=O)N2CCNC(=O)[C@@H]2CC(=O)Nc2ccccc2Cl)CC1. The molecule has 3 amide bonds.